The van der Waals surface area contributed by atoms with E-state index in [-0.39, 0.29) is 12.5 Å². The summed E-state index contributed by atoms with van der Waals surface area (Å²) in [6, 6.07) is 5.66. The van der Waals surface area contributed by atoms with Gasteiger partial charge in [-0.05, 0) is 12.6 Å². The Balaban J connectivity index is 2.74. The van der Waals surface area contributed by atoms with Crippen LogP contribution in [0.5, 0.6) is 0 Å². The fraction of sp³-hybridized carbons (Fsp3) is 0.417. The fourth-order valence-electron chi connectivity index (χ4n) is 1.43. The van der Waals surface area contributed by atoms with Crippen molar-refractivity contribution in [3.63, 3.8) is 0 Å². The Kier molecular flexibility index (Phi) is 5.11. The van der Waals surface area contributed by atoms with Crippen molar-refractivity contribution in [1.82, 2.24) is 9.88 Å². The van der Waals surface area contributed by atoms with E-state index in [9.17, 15) is 4.79 Å². The zero-order chi connectivity index (χ0) is 12.7. The van der Waals surface area contributed by atoms with Gasteiger partial charge in [0.05, 0.1) is 13.7 Å². The van der Waals surface area contributed by atoms with Crippen molar-refractivity contribution in [3.8, 4) is 6.07 Å². The highest BCUT2D eigenvalue weighted by Gasteiger charge is 2.12. The number of hydrogen-bond donors (Lipinski definition) is 0. The monoisotopic (exact) mass is 233 g/mol. The summed E-state index contributed by atoms with van der Waals surface area (Å²) in [4.78, 5) is 17.1. The Bertz CT molecular complexity index is 426. The first-order valence-corrected chi connectivity index (χ1v) is 5.34. The molecule has 0 aliphatic carbocycles. The first-order chi connectivity index (χ1) is 8.21. The Morgan fingerprint density at radius 2 is 2.41 bits per heavy atom. The summed E-state index contributed by atoms with van der Waals surface area (Å²) >= 11 is 0. The van der Waals surface area contributed by atoms with Gasteiger partial charge in [-0.15, -0.1) is 0 Å². The molecule has 0 unspecified atom stereocenters. The molecule has 0 amide bonds. The third-order valence-electron chi connectivity index (χ3n) is 2.42. The van der Waals surface area contributed by atoms with E-state index in [2.05, 4.69) is 9.72 Å². The van der Waals surface area contributed by atoms with Crippen molar-refractivity contribution in [2.75, 3.05) is 20.2 Å². The minimum atomic E-state index is -0.283. The van der Waals surface area contributed by atoms with Gasteiger partial charge in [-0.1, -0.05) is 13.0 Å². The van der Waals surface area contributed by atoms with Gasteiger partial charge in [0.25, 0.3) is 0 Å². The predicted molar refractivity (Wildman–Crippen MR) is 61.9 cm³/mol. The topological polar surface area (TPSA) is 66.2 Å². The molecule has 0 aliphatic heterocycles. The Morgan fingerprint density at radius 1 is 1.65 bits per heavy atom. The number of carbonyl (C=O) groups is 1. The maximum Gasteiger partial charge on any atom is 0.319 e. The zero-order valence-corrected chi connectivity index (χ0v) is 10.0. The van der Waals surface area contributed by atoms with E-state index in [1.54, 1.807) is 12.3 Å². The molecule has 1 heterocycles. The largest absolute Gasteiger partial charge is 0.468 e. The molecule has 0 radical (unpaired) electrons. The van der Waals surface area contributed by atoms with Crippen LogP contribution in [-0.4, -0.2) is 36.1 Å². The van der Waals surface area contributed by atoms with Gasteiger partial charge in [0.2, 0.25) is 0 Å². The molecule has 0 spiro atoms. The molecule has 0 N–H and O–H groups in total. The number of aromatic nitrogens is 1. The van der Waals surface area contributed by atoms with Gasteiger partial charge < -0.3 is 4.74 Å². The van der Waals surface area contributed by atoms with Crippen LogP contribution in [0.2, 0.25) is 0 Å². The average molecular weight is 233 g/mol. The first-order valence-electron chi connectivity index (χ1n) is 5.34. The van der Waals surface area contributed by atoms with Crippen LogP contribution >= 0.6 is 0 Å². The highest BCUT2D eigenvalue weighted by Crippen LogP contribution is 2.08. The minimum Gasteiger partial charge on any atom is -0.468 e. The van der Waals surface area contributed by atoms with E-state index in [1.807, 2.05) is 24.0 Å². The molecular weight excluding hydrogens is 218 g/mol. The van der Waals surface area contributed by atoms with Crippen LogP contribution in [0, 0.1) is 11.3 Å². The molecule has 1 aromatic rings. The van der Waals surface area contributed by atoms with E-state index in [4.69, 9.17) is 5.26 Å². The van der Waals surface area contributed by atoms with Crippen molar-refractivity contribution >= 4 is 5.97 Å². The Labute approximate surface area is 101 Å². The number of hydrogen-bond acceptors (Lipinski definition) is 5. The summed E-state index contributed by atoms with van der Waals surface area (Å²) in [7, 11) is 1.36. The lowest BCUT2D eigenvalue weighted by molar-refractivity contribution is -0.142. The van der Waals surface area contributed by atoms with Gasteiger partial charge in [-0.3, -0.25) is 9.69 Å². The molecule has 90 valence electrons. The highest BCUT2D eigenvalue weighted by atomic mass is 16.5. The van der Waals surface area contributed by atoms with Crippen LogP contribution in [0.3, 0.4) is 0 Å². The molecule has 0 bridgehead atoms. The molecule has 0 saturated heterocycles. The molecule has 5 heteroatoms. The van der Waals surface area contributed by atoms with E-state index in [1.165, 1.54) is 7.11 Å². The molecule has 0 aliphatic rings. The number of esters is 1. The van der Waals surface area contributed by atoms with Gasteiger partial charge in [-0.25, -0.2) is 4.98 Å². The van der Waals surface area contributed by atoms with Crippen molar-refractivity contribution in [2.24, 2.45) is 0 Å². The molecule has 17 heavy (non-hydrogen) atoms. The summed E-state index contributed by atoms with van der Waals surface area (Å²) in [5.74, 6) is -0.283. The second-order valence-corrected chi connectivity index (χ2v) is 3.50. The third-order valence-corrected chi connectivity index (χ3v) is 2.42. The van der Waals surface area contributed by atoms with E-state index in [0.717, 1.165) is 5.56 Å². The lowest BCUT2D eigenvalue weighted by Gasteiger charge is -2.19. The van der Waals surface area contributed by atoms with Crippen molar-refractivity contribution in [2.45, 2.75) is 13.5 Å². The van der Waals surface area contributed by atoms with Crippen LogP contribution in [-0.2, 0) is 16.1 Å². The van der Waals surface area contributed by atoms with Crippen molar-refractivity contribution in [1.29, 1.82) is 5.26 Å². The van der Waals surface area contributed by atoms with Gasteiger partial charge in [0, 0.05) is 18.3 Å². The molecule has 5 nitrogen and oxygen atoms in total. The van der Waals surface area contributed by atoms with Crippen LogP contribution in [0.25, 0.3) is 0 Å². The SMILES string of the molecule is CCN(CC(=O)OC)Cc1cccnc1C#N. The number of nitrogens with zero attached hydrogens (tertiary/aromatic N) is 3. The van der Waals surface area contributed by atoms with Crippen LogP contribution in [0.1, 0.15) is 18.2 Å². The maximum atomic E-state index is 11.2. The zero-order valence-electron chi connectivity index (χ0n) is 10.0. The smallest absolute Gasteiger partial charge is 0.319 e. The quantitative estimate of drug-likeness (QED) is 0.708. The van der Waals surface area contributed by atoms with E-state index >= 15 is 0 Å². The first kappa shape index (κ1) is 13.1. The van der Waals surface area contributed by atoms with Gasteiger partial charge in [0.15, 0.2) is 0 Å². The summed E-state index contributed by atoms with van der Waals surface area (Å²) in [6.07, 6.45) is 1.58. The molecule has 0 fully saturated rings. The second-order valence-electron chi connectivity index (χ2n) is 3.50. The fourth-order valence-corrected chi connectivity index (χ4v) is 1.43. The summed E-state index contributed by atoms with van der Waals surface area (Å²) in [5, 5.41) is 8.91. The molecule has 0 aromatic carbocycles. The lowest BCUT2D eigenvalue weighted by Crippen LogP contribution is -2.30. The summed E-state index contributed by atoms with van der Waals surface area (Å²) in [6.45, 7) is 3.38. The van der Waals surface area contributed by atoms with Gasteiger partial charge in [-0.2, -0.15) is 5.26 Å². The number of methoxy groups -OCH3 is 1. The number of pyridine rings is 1. The second kappa shape index (κ2) is 6.61. The standard InChI is InChI=1S/C12H15N3O2/c1-3-15(9-12(16)17-2)8-10-5-4-6-14-11(10)7-13/h4-6H,3,8-9H2,1-2H3. The normalized spacial score (nSPS) is 10.0. The Morgan fingerprint density at radius 3 is 3.00 bits per heavy atom. The molecular formula is C12H15N3O2. The molecule has 0 saturated carbocycles. The van der Waals surface area contributed by atoms with Crippen LogP contribution in [0.15, 0.2) is 18.3 Å². The van der Waals surface area contributed by atoms with Crippen LogP contribution < -0.4 is 0 Å². The third kappa shape index (κ3) is 3.85. The van der Waals surface area contributed by atoms with E-state index < -0.39 is 0 Å². The van der Waals surface area contributed by atoms with Crippen molar-refractivity contribution < 1.29 is 9.53 Å². The summed E-state index contributed by atoms with van der Waals surface area (Å²) in [5.41, 5.74) is 1.22. The minimum absolute atomic E-state index is 0.215. The Hall–Kier alpha value is -1.93. The molecule has 1 rings (SSSR count). The van der Waals surface area contributed by atoms with E-state index in [0.29, 0.717) is 18.8 Å². The average Bonchev–Trinajstić information content (AvgIpc) is 2.38. The number of nitriles is 1. The van der Waals surface area contributed by atoms with Gasteiger partial charge in [0.1, 0.15) is 11.8 Å². The summed E-state index contributed by atoms with van der Waals surface area (Å²) < 4.78 is 4.62. The maximum absolute atomic E-state index is 11.2. The highest BCUT2D eigenvalue weighted by molar-refractivity contribution is 5.71. The van der Waals surface area contributed by atoms with Gasteiger partial charge >= 0.3 is 5.97 Å². The van der Waals surface area contributed by atoms with Crippen LogP contribution in [0.4, 0.5) is 0 Å². The number of carbonyl (C=O) groups excluding carboxylic acids is 1. The number of likely N-dealkylation sites (N-methyl/N-ethyl adjacent to an activating group) is 1. The lowest BCUT2D eigenvalue weighted by atomic mass is 10.2. The van der Waals surface area contributed by atoms with Crippen molar-refractivity contribution in [3.05, 3.63) is 29.6 Å². The molecule has 1 aromatic heterocycles. The number of ether oxygens (including phenoxy) is 1. The number of rotatable bonds is 5. The predicted octanol–water partition coefficient (Wildman–Crippen LogP) is 0.948. The molecule has 0 atom stereocenters.